The molecule has 0 unspecified atom stereocenters. The normalized spacial score (nSPS) is 11.2. The average Bonchev–Trinajstić information content (AvgIpc) is 3.76. The van der Waals surface area contributed by atoms with Crippen molar-refractivity contribution in [1.29, 1.82) is 0 Å². The Kier molecular flexibility index (Phi) is 10.6. The predicted octanol–water partition coefficient (Wildman–Crippen LogP) is 8.19. The van der Waals surface area contributed by atoms with E-state index in [0.717, 1.165) is 50.0 Å². The number of para-hydroxylation sites is 2. The number of phenols is 1. The standard InChI is InChI=1S/C19H18N6O3S2.C18H15N5S/c1-11-10-16(24-23-11)20-18-14-4-3-5-15(26)17(14)21-19(22-18)29-13-8-6-12(7-9-13)25-30(2,27)28;1-12-11-16(23-22-12)20-17-14-9-5-6-10-15(14)19-18(21-17)24-13-7-3-2-4-8-13/h3-10,25-26H,1-2H3,(H2,20,21,22,23,24);2-11H,1H3,(H2,19,20,21,22,23). The van der Waals surface area contributed by atoms with Crippen LogP contribution >= 0.6 is 23.5 Å². The second kappa shape index (κ2) is 15.8. The number of hydrogen-bond donors (Lipinski definition) is 6. The van der Waals surface area contributed by atoms with E-state index in [9.17, 15) is 13.5 Å². The van der Waals surface area contributed by atoms with Gasteiger partial charge in [-0.2, -0.15) is 10.2 Å². The minimum atomic E-state index is -3.34. The van der Waals surface area contributed by atoms with Crippen LogP contribution < -0.4 is 15.4 Å². The Balaban J connectivity index is 0.000000171. The molecule has 0 bridgehead atoms. The van der Waals surface area contributed by atoms with Crippen LogP contribution in [-0.4, -0.2) is 60.1 Å². The smallest absolute Gasteiger partial charge is 0.229 e. The summed E-state index contributed by atoms with van der Waals surface area (Å²) in [7, 11) is -3.34. The molecule has 0 saturated heterocycles. The molecule has 0 fully saturated rings. The summed E-state index contributed by atoms with van der Waals surface area (Å²) in [5.74, 6) is 2.66. The molecule has 0 spiro atoms. The molecule has 0 aliphatic heterocycles. The first kappa shape index (κ1) is 36.2. The monoisotopic (exact) mass is 775 g/mol. The highest BCUT2D eigenvalue weighted by Crippen LogP contribution is 2.34. The van der Waals surface area contributed by atoms with E-state index in [0.29, 0.717) is 38.5 Å². The van der Waals surface area contributed by atoms with Crippen LogP contribution in [0.5, 0.6) is 5.75 Å². The van der Waals surface area contributed by atoms with Gasteiger partial charge in [-0.25, -0.2) is 28.4 Å². The van der Waals surface area contributed by atoms with Gasteiger partial charge in [-0.05, 0) is 98.0 Å². The number of aryl methyl sites for hydroxylation is 2. The zero-order chi connectivity index (χ0) is 37.7. The molecule has 0 radical (unpaired) electrons. The predicted molar refractivity (Wildman–Crippen MR) is 214 cm³/mol. The Bertz CT molecular complexity index is 2670. The molecule has 272 valence electrons. The van der Waals surface area contributed by atoms with Crippen LogP contribution in [0.25, 0.3) is 21.8 Å². The fourth-order valence-electron chi connectivity index (χ4n) is 5.16. The molecule has 8 aromatic rings. The highest BCUT2D eigenvalue weighted by Gasteiger charge is 2.14. The topological polar surface area (TPSA) is 199 Å². The van der Waals surface area contributed by atoms with Crippen LogP contribution in [0.1, 0.15) is 11.4 Å². The van der Waals surface area contributed by atoms with Crippen molar-refractivity contribution in [1.82, 2.24) is 40.3 Å². The minimum Gasteiger partial charge on any atom is -0.506 e. The van der Waals surface area contributed by atoms with Gasteiger partial charge in [0, 0.05) is 49.8 Å². The van der Waals surface area contributed by atoms with Crippen molar-refractivity contribution < 1.29 is 13.5 Å². The molecule has 17 heteroatoms. The lowest BCUT2D eigenvalue weighted by Gasteiger charge is -2.10. The summed E-state index contributed by atoms with van der Waals surface area (Å²) in [6.07, 6.45) is 1.10. The van der Waals surface area contributed by atoms with Gasteiger partial charge in [-0.1, -0.05) is 36.4 Å². The van der Waals surface area contributed by atoms with Crippen LogP contribution in [0.2, 0.25) is 0 Å². The molecule has 54 heavy (non-hydrogen) atoms. The third kappa shape index (κ3) is 9.24. The van der Waals surface area contributed by atoms with Gasteiger partial charge in [0.25, 0.3) is 0 Å². The largest absolute Gasteiger partial charge is 0.506 e. The number of H-pyrrole nitrogens is 2. The third-order valence-corrected chi connectivity index (χ3v) is 9.84. The number of nitrogens with zero attached hydrogens (tertiary/aromatic N) is 6. The summed E-state index contributed by atoms with van der Waals surface area (Å²) in [4.78, 5) is 20.3. The number of aromatic amines is 2. The van der Waals surface area contributed by atoms with Crippen LogP contribution in [0.15, 0.2) is 129 Å². The fourth-order valence-corrected chi connectivity index (χ4v) is 7.27. The number of phenolic OH excluding ortho intramolecular Hbond substituents is 1. The first-order valence-electron chi connectivity index (χ1n) is 16.4. The van der Waals surface area contributed by atoms with Crippen molar-refractivity contribution in [3.05, 3.63) is 121 Å². The Labute approximate surface area is 318 Å². The Morgan fingerprint density at radius 3 is 1.80 bits per heavy atom. The second-order valence-corrected chi connectivity index (χ2v) is 15.8. The van der Waals surface area contributed by atoms with E-state index in [1.807, 2.05) is 86.6 Å². The van der Waals surface area contributed by atoms with E-state index in [-0.39, 0.29) is 5.75 Å². The van der Waals surface area contributed by atoms with Crippen molar-refractivity contribution >= 4 is 84.3 Å². The van der Waals surface area contributed by atoms with Gasteiger partial charge >= 0.3 is 0 Å². The zero-order valence-electron chi connectivity index (χ0n) is 29.1. The van der Waals surface area contributed by atoms with E-state index >= 15 is 0 Å². The molecule has 0 aliphatic rings. The molecule has 0 aliphatic carbocycles. The van der Waals surface area contributed by atoms with E-state index in [1.54, 1.807) is 48.2 Å². The number of nitrogens with one attached hydrogen (secondary N) is 5. The van der Waals surface area contributed by atoms with Crippen molar-refractivity contribution in [2.75, 3.05) is 21.6 Å². The third-order valence-electron chi connectivity index (χ3n) is 7.49. The minimum absolute atomic E-state index is 0.0470. The number of fused-ring (bicyclic) bond motifs is 2. The molecular formula is C37H33N11O3S3. The maximum absolute atomic E-state index is 11.3. The summed E-state index contributed by atoms with van der Waals surface area (Å²) >= 11 is 2.83. The molecule has 4 aromatic carbocycles. The highest BCUT2D eigenvalue weighted by atomic mass is 32.2. The summed E-state index contributed by atoms with van der Waals surface area (Å²) in [6.45, 7) is 3.86. The number of rotatable bonds is 10. The number of aromatic hydroxyl groups is 1. The highest BCUT2D eigenvalue weighted by molar-refractivity contribution is 7.99. The van der Waals surface area contributed by atoms with Gasteiger partial charge in [-0.15, -0.1) is 0 Å². The van der Waals surface area contributed by atoms with Gasteiger partial charge in [0.05, 0.1) is 11.8 Å². The molecule has 8 rings (SSSR count). The average molecular weight is 776 g/mol. The molecule has 4 aromatic heterocycles. The summed E-state index contributed by atoms with van der Waals surface area (Å²) in [5.41, 5.74) is 3.68. The van der Waals surface area contributed by atoms with E-state index in [1.165, 1.54) is 11.8 Å². The second-order valence-electron chi connectivity index (χ2n) is 11.9. The number of anilines is 5. The molecule has 6 N–H and O–H groups in total. The lowest BCUT2D eigenvalue weighted by Crippen LogP contribution is -2.09. The van der Waals surface area contributed by atoms with Crippen molar-refractivity contribution in [3.63, 3.8) is 0 Å². The van der Waals surface area contributed by atoms with Crippen LogP contribution in [0.4, 0.5) is 29.0 Å². The summed E-state index contributed by atoms with van der Waals surface area (Å²) in [6, 6.07) is 33.8. The Morgan fingerprint density at radius 1 is 0.630 bits per heavy atom. The summed E-state index contributed by atoms with van der Waals surface area (Å²) < 4.78 is 25.1. The number of sulfonamides is 1. The molecule has 0 atom stereocenters. The van der Waals surface area contributed by atoms with E-state index < -0.39 is 10.0 Å². The molecule has 14 nitrogen and oxygen atoms in total. The van der Waals surface area contributed by atoms with Gasteiger partial charge in [0.2, 0.25) is 10.0 Å². The van der Waals surface area contributed by atoms with Crippen molar-refractivity contribution in [2.24, 2.45) is 0 Å². The van der Waals surface area contributed by atoms with Gasteiger partial charge in [0.1, 0.15) is 22.9 Å². The first-order chi connectivity index (χ1) is 26.0. The Morgan fingerprint density at radius 2 is 1.19 bits per heavy atom. The van der Waals surface area contributed by atoms with E-state index in [2.05, 4.69) is 55.7 Å². The molecule has 4 heterocycles. The van der Waals surface area contributed by atoms with Gasteiger partial charge in [0.15, 0.2) is 21.9 Å². The zero-order valence-corrected chi connectivity index (χ0v) is 31.5. The lowest BCUT2D eigenvalue weighted by atomic mass is 10.2. The SMILES string of the molecule is Cc1cc(Nc2nc(Sc3ccc(NS(C)(=O)=O)cc3)nc3c(O)cccc23)n[nH]1.Cc1cc(Nc2nc(Sc3ccccc3)nc3ccccc23)n[nH]1. The maximum atomic E-state index is 11.3. The van der Waals surface area contributed by atoms with E-state index in [4.69, 9.17) is 0 Å². The number of hydrogen-bond acceptors (Lipinski definition) is 13. The van der Waals surface area contributed by atoms with Gasteiger partial charge < -0.3 is 15.7 Å². The summed E-state index contributed by atoms with van der Waals surface area (Å²) in [5, 5.41) is 33.7. The first-order valence-corrected chi connectivity index (χ1v) is 19.9. The molecule has 0 amide bonds. The van der Waals surface area contributed by atoms with Crippen molar-refractivity contribution in [3.8, 4) is 5.75 Å². The lowest BCUT2D eigenvalue weighted by molar-refractivity contribution is 0.480. The van der Waals surface area contributed by atoms with Crippen molar-refractivity contribution in [2.45, 2.75) is 34.0 Å². The number of aromatic nitrogens is 8. The fraction of sp³-hybridized carbons (Fsp3) is 0.0811. The molecular weight excluding hydrogens is 743 g/mol. The maximum Gasteiger partial charge on any atom is 0.229 e. The Hall–Kier alpha value is -6.17. The van der Waals surface area contributed by atoms with Crippen LogP contribution in [-0.2, 0) is 10.0 Å². The van der Waals surface area contributed by atoms with Crippen LogP contribution in [0.3, 0.4) is 0 Å². The number of benzene rings is 4. The molecule has 0 saturated carbocycles. The quantitative estimate of drug-likeness (QED) is 0.0728. The van der Waals surface area contributed by atoms with Gasteiger partial charge in [-0.3, -0.25) is 14.9 Å². The van der Waals surface area contributed by atoms with Crippen LogP contribution in [0, 0.1) is 13.8 Å².